The molecule has 2 fully saturated rings. The normalized spacial score (nSPS) is 23.5. The van der Waals surface area contributed by atoms with Crippen molar-refractivity contribution in [3.05, 3.63) is 48.0 Å². The molecule has 0 N–H and O–H groups in total. The van der Waals surface area contributed by atoms with Crippen molar-refractivity contribution >= 4 is 11.9 Å². The van der Waals surface area contributed by atoms with Crippen molar-refractivity contribution in [2.45, 2.75) is 44.8 Å². The van der Waals surface area contributed by atoms with Gasteiger partial charge in [-0.1, -0.05) is 6.07 Å². The summed E-state index contributed by atoms with van der Waals surface area (Å²) in [6.07, 6.45) is 9.75. The molecule has 6 nitrogen and oxygen atoms in total. The van der Waals surface area contributed by atoms with Gasteiger partial charge in [-0.05, 0) is 37.0 Å². The van der Waals surface area contributed by atoms with Gasteiger partial charge in [-0.25, -0.2) is 9.97 Å². The maximum absolute atomic E-state index is 12.5. The summed E-state index contributed by atoms with van der Waals surface area (Å²) in [7, 11) is 0. The van der Waals surface area contributed by atoms with Crippen molar-refractivity contribution in [3.8, 4) is 0 Å². The first-order chi connectivity index (χ1) is 11.7. The Bertz CT molecular complexity index is 718. The second kappa shape index (κ2) is 6.19. The van der Waals surface area contributed by atoms with Crippen LogP contribution in [0.15, 0.2) is 36.9 Å². The summed E-state index contributed by atoms with van der Waals surface area (Å²) < 4.78 is 0. The van der Waals surface area contributed by atoms with Crippen molar-refractivity contribution in [1.82, 2.24) is 19.9 Å². The Morgan fingerprint density at radius 3 is 2.75 bits per heavy atom. The summed E-state index contributed by atoms with van der Waals surface area (Å²) in [5, 5.41) is 0. The van der Waals surface area contributed by atoms with Gasteiger partial charge in [0.2, 0.25) is 11.9 Å². The van der Waals surface area contributed by atoms with Gasteiger partial charge in [0.05, 0.1) is 12.1 Å². The highest BCUT2D eigenvalue weighted by Crippen LogP contribution is 2.34. The van der Waals surface area contributed by atoms with Crippen LogP contribution in [0.3, 0.4) is 0 Å². The number of carbonyl (C=O) groups excluding carboxylic acids is 1. The van der Waals surface area contributed by atoms with Crippen molar-refractivity contribution < 1.29 is 4.79 Å². The van der Waals surface area contributed by atoms with Gasteiger partial charge in [0.1, 0.15) is 0 Å². The molecular weight excluding hydrogens is 302 g/mol. The van der Waals surface area contributed by atoms with E-state index in [-0.39, 0.29) is 11.9 Å². The average molecular weight is 323 g/mol. The molecule has 1 amide bonds. The highest BCUT2D eigenvalue weighted by Gasteiger charge is 2.43. The Balaban J connectivity index is 1.56. The SMILES string of the molecule is Cc1cnc(N2CC[C@H]3[C@@H]2CCC(=O)N3Cc2cccnc2)nc1. The summed E-state index contributed by atoms with van der Waals surface area (Å²) in [4.78, 5) is 29.9. The predicted octanol–water partition coefficient (Wildman–Crippen LogP) is 1.95. The fourth-order valence-corrected chi connectivity index (χ4v) is 3.83. The Hall–Kier alpha value is -2.50. The molecule has 0 spiro atoms. The molecule has 4 heterocycles. The lowest BCUT2D eigenvalue weighted by molar-refractivity contribution is -0.137. The number of hydrogen-bond donors (Lipinski definition) is 0. The highest BCUT2D eigenvalue weighted by molar-refractivity contribution is 5.78. The minimum atomic E-state index is 0.233. The zero-order chi connectivity index (χ0) is 16.5. The van der Waals surface area contributed by atoms with E-state index in [9.17, 15) is 4.79 Å². The van der Waals surface area contributed by atoms with E-state index in [0.29, 0.717) is 19.0 Å². The van der Waals surface area contributed by atoms with E-state index in [4.69, 9.17) is 0 Å². The minimum Gasteiger partial charge on any atom is -0.336 e. The van der Waals surface area contributed by atoms with Gasteiger partial charge in [0, 0.05) is 44.3 Å². The third kappa shape index (κ3) is 2.72. The monoisotopic (exact) mass is 323 g/mol. The molecule has 0 radical (unpaired) electrons. The lowest BCUT2D eigenvalue weighted by Gasteiger charge is -2.39. The summed E-state index contributed by atoms with van der Waals surface area (Å²) in [5.41, 5.74) is 2.14. The number of rotatable bonds is 3. The van der Waals surface area contributed by atoms with Crippen LogP contribution >= 0.6 is 0 Å². The first kappa shape index (κ1) is 15.1. The molecule has 2 aliphatic rings. The van der Waals surface area contributed by atoms with E-state index in [0.717, 1.165) is 36.5 Å². The molecule has 4 rings (SSSR count). The number of amides is 1. The van der Waals surface area contributed by atoms with Gasteiger partial charge < -0.3 is 9.80 Å². The van der Waals surface area contributed by atoms with Crippen LogP contribution in [0.4, 0.5) is 5.95 Å². The van der Waals surface area contributed by atoms with Gasteiger partial charge in [-0.3, -0.25) is 9.78 Å². The third-order valence-electron chi connectivity index (χ3n) is 4.98. The molecule has 2 saturated heterocycles. The molecular formula is C18H21N5O. The largest absolute Gasteiger partial charge is 0.336 e. The molecule has 124 valence electrons. The van der Waals surface area contributed by atoms with Crippen molar-refractivity contribution in [1.29, 1.82) is 0 Å². The Morgan fingerprint density at radius 2 is 2.00 bits per heavy atom. The molecule has 0 bridgehead atoms. The fraction of sp³-hybridized carbons (Fsp3) is 0.444. The van der Waals surface area contributed by atoms with E-state index in [2.05, 4.69) is 19.9 Å². The van der Waals surface area contributed by atoms with E-state index >= 15 is 0 Å². The number of piperidine rings is 1. The number of aryl methyl sites for hydroxylation is 1. The number of aromatic nitrogens is 3. The Morgan fingerprint density at radius 1 is 1.17 bits per heavy atom. The summed E-state index contributed by atoms with van der Waals surface area (Å²) in [6, 6.07) is 4.49. The first-order valence-electron chi connectivity index (χ1n) is 8.46. The number of fused-ring (bicyclic) bond motifs is 1. The molecule has 0 unspecified atom stereocenters. The molecule has 24 heavy (non-hydrogen) atoms. The molecule has 2 atom stereocenters. The van der Waals surface area contributed by atoms with Crippen molar-refractivity contribution in [3.63, 3.8) is 0 Å². The second-order valence-corrected chi connectivity index (χ2v) is 6.60. The lowest BCUT2D eigenvalue weighted by atomic mass is 9.96. The van der Waals surface area contributed by atoms with E-state index < -0.39 is 0 Å². The molecule has 0 aromatic carbocycles. The quantitative estimate of drug-likeness (QED) is 0.864. The summed E-state index contributed by atoms with van der Waals surface area (Å²) in [6.45, 7) is 3.52. The number of anilines is 1. The van der Waals surface area contributed by atoms with Crippen LogP contribution in [0.1, 0.15) is 30.4 Å². The van der Waals surface area contributed by atoms with Gasteiger partial charge in [-0.2, -0.15) is 0 Å². The van der Waals surface area contributed by atoms with E-state index in [1.165, 1.54) is 0 Å². The van der Waals surface area contributed by atoms with E-state index in [1.54, 1.807) is 6.20 Å². The zero-order valence-corrected chi connectivity index (χ0v) is 13.8. The van der Waals surface area contributed by atoms with Crippen LogP contribution in [0.25, 0.3) is 0 Å². The number of carbonyl (C=O) groups is 1. The summed E-state index contributed by atoms with van der Waals surface area (Å²) >= 11 is 0. The van der Waals surface area contributed by atoms with Gasteiger partial charge in [-0.15, -0.1) is 0 Å². The predicted molar refractivity (Wildman–Crippen MR) is 90.3 cm³/mol. The van der Waals surface area contributed by atoms with Gasteiger partial charge in [0.25, 0.3) is 0 Å². The van der Waals surface area contributed by atoms with E-state index in [1.807, 2.05) is 42.5 Å². The maximum Gasteiger partial charge on any atom is 0.225 e. The number of nitrogens with zero attached hydrogens (tertiary/aromatic N) is 5. The zero-order valence-electron chi connectivity index (χ0n) is 13.8. The molecule has 0 saturated carbocycles. The molecule has 2 aromatic rings. The molecule has 0 aliphatic carbocycles. The topological polar surface area (TPSA) is 62.2 Å². The van der Waals surface area contributed by atoms with Crippen LogP contribution in [0.5, 0.6) is 0 Å². The second-order valence-electron chi connectivity index (χ2n) is 6.60. The van der Waals surface area contributed by atoms with Crippen LogP contribution in [-0.2, 0) is 11.3 Å². The smallest absolute Gasteiger partial charge is 0.225 e. The molecule has 6 heteroatoms. The average Bonchev–Trinajstić information content (AvgIpc) is 3.03. The third-order valence-corrected chi connectivity index (χ3v) is 4.98. The van der Waals surface area contributed by atoms with Crippen LogP contribution in [0, 0.1) is 6.92 Å². The fourth-order valence-electron chi connectivity index (χ4n) is 3.83. The van der Waals surface area contributed by atoms with Gasteiger partial charge >= 0.3 is 0 Å². The number of hydrogen-bond acceptors (Lipinski definition) is 5. The Kier molecular flexibility index (Phi) is 3.88. The standard InChI is InChI=1S/C18H21N5O/c1-13-9-20-18(21-10-13)22-8-6-16-15(22)4-5-17(24)23(16)12-14-3-2-7-19-11-14/h2-3,7,9-11,15-16H,4-6,8,12H2,1H3/t15-,16-/m0/s1. The molecule has 2 aliphatic heterocycles. The first-order valence-corrected chi connectivity index (χ1v) is 8.46. The number of pyridine rings is 1. The van der Waals surface area contributed by atoms with Crippen molar-refractivity contribution in [2.24, 2.45) is 0 Å². The van der Waals surface area contributed by atoms with Crippen LogP contribution in [0.2, 0.25) is 0 Å². The van der Waals surface area contributed by atoms with Crippen LogP contribution in [-0.4, -0.2) is 44.4 Å². The highest BCUT2D eigenvalue weighted by atomic mass is 16.2. The van der Waals surface area contributed by atoms with Gasteiger partial charge in [0.15, 0.2) is 0 Å². The van der Waals surface area contributed by atoms with Crippen LogP contribution < -0.4 is 4.90 Å². The van der Waals surface area contributed by atoms with Crippen molar-refractivity contribution in [2.75, 3.05) is 11.4 Å². The maximum atomic E-state index is 12.5. The minimum absolute atomic E-state index is 0.233. The Labute approximate surface area is 141 Å². The lowest BCUT2D eigenvalue weighted by Crippen LogP contribution is -2.52. The summed E-state index contributed by atoms with van der Waals surface area (Å²) in [5.74, 6) is 1.02. The number of likely N-dealkylation sites (tertiary alicyclic amines) is 1. The molecule has 2 aromatic heterocycles.